The maximum Gasteiger partial charge on any atom is 0.271 e. The Balaban J connectivity index is 1.59. The van der Waals surface area contributed by atoms with Crippen LogP contribution in [0.3, 0.4) is 0 Å². The Morgan fingerprint density at radius 1 is 1.48 bits per heavy atom. The van der Waals surface area contributed by atoms with E-state index < -0.39 is 0 Å². The molecule has 1 N–H and O–H groups in total. The summed E-state index contributed by atoms with van der Waals surface area (Å²) < 4.78 is 11.5. The molecule has 0 saturated carbocycles. The van der Waals surface area contributed by atoms with Gasteiger partial charge in [0, 0.05) is 24.1 Å². The highest BCUT2D eigenvalue weighted by Gasteiger charge is 2.29. The number of nitrogens with one attached hydrogen (secondary N) is 1. The largest absolute Gasteiger partial charge is 0.379 e. The fourth-order valence-corrected chi connectivity index (χ4v) is 3.44. The second-order valence-corrected chi connectivity index (χ2v) is 7.23. The minimum Gasteiger partial charge on any atom is -0.379 e. The first-order valence-electron chi connectivity index (χ1n) is 8.49. The Morgan fingerprint density at radius 3 is 3.08 bits per heavy atom. The van der Waals surface area contributed by atoms with Crippen molar-refractivity contribution in [3.8, 4) is 0 Å². The zero-order chi connectivity index (χ0) is 17.6. The van der Waals surface area contributed by atoms with E-state index in [2.05, 4.69) is 29.1 Å². The van der Waals surface area contributed by atoms with Gasteiger partial charge in [-0.05, 0) is 18.6 Å². The summed E-state index contributed by atoms with van der Waals surface area (Å²) in [5.74, 6) is 0.143. The van der Waals surface area contributed by atoms with Crippen molar-refractivity contribution in [2.75, 3.05) is 13.2 Å². The van der Waals surface area contributed by atoms with Crippen LogP contribution < -0.4 is 5.32 Å². The molecule has 1 aliphatic heterocycles. The van der Waals surface area contributed by atoms with E-state index in [9.17, 15) is 4.79 Å². The fraction of sp³-hybridized carbons (Fsp3) is 0.500. The zero-order valence-corrected chi connectivity index (χ0v) is 15.3. The summed E-state index contributed by atoms with van der Waals surface area (Å²) in [6.07, 6.45) is 2.39. The minimum atomic E-state index is -0.186. The molecular weight excluding hydrogens is 338 g/mol. The van der Waals surface area contributed by atoms with Crippen LogP contribution in [0.2, 0.25) is 0 Å². The van der Waals surface area contributed by atoms with Gasteiger partial charge in [-0.15, -0.1) is 11.3 Å². The van der Waals surface area contributed by atoms with E-state index in [4.69, 9.17) is 9.47 Å². The molecule has 2 aromatic rings. The van der Waals surface area contributed by atoms with Crippen LogP contribution in [0.25, 0.3) is 0 Å². The van der Waals surface area contributed by atoms with Gasteiger partial charge in [0.25, 0.3) is 5.91 Å². The molecule has 2 atom stereocenters. The van der Waals surface area contributed by atoms with Crippen molar-refractivity contribution in [2.24, 2.45) is 0 Å². The number of ether oxygens (including phenoxy) is 2. The van der Waals surface area contributed by atoms with Crippen molar-refractivity contribution in [1.82, 2.24) is 15.3 Å². The van der Waals surface area contributed by atoms with Crippen LogP contribution in [0.15, 0.2) is 29.8 Å². The highest BCUT2D eigenvalue weighted by atomic mass is 32.1. The Bertz CT molecular complexity index is 690. The monoisotopic (exact) mass is 361 g/mol. The summed E-state index contributed by atoms with van der Waals surface area (Å²) in [6.45, 7) is 5.63. The predicted octanol–water partition coefficient (Wildman–Crippen LogP) is 2.77. The number of aromatic nitrogens is 2. The maximum absolute atomic E-state index is 12.5. The molecule has 1 saturated heterocycles. The highest BCUT2D eigenvalue weighted by molar-refractivity contribution is 7.09. The summed E-state index contributed by atoms with van der Waals surface area (Å²) in [4.78, 5) is 21.2. The van der Waals surface area contributed by atoms with Crippen molar-refractivity contribution in [3.05, 3.63) is 46.2 Å². The third kappa shape index (κ3) is 4.84. The average molecular weight is 361 g/mol. The summed E-state index contributed by atoms with van der Waals surface area (Å²) in [5, 5.41) is 5.78. The van der Waals surface area contributed by atoms with Gasteiger partial charge in [0.1, 0.15) is 5.69 Å². The quantitative estimate of drug-likeness (QED) is 0.856. The first-order chi connectivity index (χ1) is 12.1. The lowest BCUT2D eigenvalue weighted by Gasteiger charge is -2.31. The normalized spacial score (nSPS) is 20.6. The Kier molecular flexibility index (Phi) is 6.12. The standard InChI is InChI=1S/C18H23N3O3S/c1-12(2)18-21-15(11-25-18)17(22)20-14-10-23-8-6-16(14)24-9-13-5-3-4-7-19-13/h3-5,7,11-12,14,16H,6,8-10H2,1-2H3,(H,20,22)/t14-,16-/m1/s1. The first kappa shape index (κ1) is 18.0. The number of hydrogen-bond acceptors (Lipinski definition) is 6. The number of carbonyl (C=O) groups is 1. The molecule has 1 fully saturated rings. The van der Waals surface area contributed by atoms with E-state index in [-0.39, 0.29) is 18.1 Å². The molecule has 3 rings (SSSR count). The summed E-state index contributed by atoms with van der Waals surface area (Å²) in [5.41, 5.74) is 1.34. The maximum atomic E-state index is 12.5. The number of amides is 1. The lowest BCUT2D eigenvalue weighted by molar-refractivity contribution is -0.0613. The number of nitrogens with zero attached hydrogens (tertiary/aromatic N) is 2. The predicted molar refractivity (Wildman–Crippen MR) is 95.7 cm³/mol. The molecule has 0 radical (unpaired) electrons. The number of rotatable bonds is 6. The van der Waals surface area contributed by atoms with Crippen LogP contribution in [-0.2, 0) is 16.1 Å². The van der Waals surface area contributed by atoms with E-state index in [1.54, 1.807) is 11.6 Å². The van der Waals surface area contributed by atoms with E-state index >= 15 is 0 Å². The number of pyridine rings is 1. The molecule has 7 heteroatoms. The third-order valence-corrected chi connectivity index (χ3v) is 5.17. The lowest BCUT2D eigenvalue weighted by Crippen LogP contribution is -2.50. The van der Waals surface area contributed by atoms with Gasteiger partial charge in [-0.3, -0.25) is 9.78 Å². The molecule has 1 amide bonds. The van der Waals surface area contributed by atoms with Crippen LogP contribution in [0, 0.1) is 0 Å². The second kappa shape index (κ2) is 8.51. The van der Waals surface area contributed by atoms with Gasteiger partial charge in [0.2, 0.25) is 0 Å². The van der Waals surface area contributed by atoms with E-state index in [1.165, 1.54) is 11.3 Å². The van der Waals surface area contributed by atoms with Gasteiger partial charge in [0.15, 0.2) is 0 Å². The van der Waals surface area contributed by atoms with E-state index in [0.29, 0.717) is 31.4 Å². The van der Waals surface area contributed by atoms with Gasteiger partial charge < -0.3 is 14.8 Å². The summed E-state index contributed by atoms with van der Waals surface area (Å²) in [6, 6.07) is 5.55. The topological polar surface area (TPSA) is 73.3 Å². The molecule has 6 nitrogen and oxygen atoms in total. The molecule has 0 bridgehead atoms. The van der Waals surface area contributed by atoms with Gasteiger partial charge in [-0.25, -0.2) is 4.98 Å². The fourth-order valence-electron chi connectivity index (χ4n) is 2.63. The van der Waals surface area contributed by atoms with Crippen molar-refractivity contribution in [1.29, 1.82) is 0 Å². The van der Waals surface area contributed by atoms with Gasteiger partial charge in [-0.2, -0.15) is 0 Å². The average Bonchev–Trinajstić information content (AvgIpc) is 3.12. The second-order valence-electron chi connectivity index (χ2n) is 6.34. The summed E-state index contributed by atoms with van der Waals surface area (Å²) >= 11 is 1.51. The zero-order valence-electron chi connectivity index (χ0n) is 14.5. The third-order valence-electron chi connectivity index (χ3n) is 4.03. The molecule has 0 aromatic carbocycles. The van der Waals surface area contributed by atoms with Crippen molar-refractivity contribution in [3.63, 3.8) is 0 Å². The molecule has 134 valence electrons. The number of thiazole rings is 1. The minimum absolute atomic E-state index is 0.0945. The molecule has 1 aliphatic rings. The van der Waals surface area contributed by atoms with Crippen LogP contribution in [0.5, 0.6) is 0 Å². The molecule has 3 heterocycles. The number of hydrogen-bond donors (Lipinski definition) is 1. The highest BCUT2D eigenvalue weighted by Crippen LogP contribution is 2.20. The van der Waals surface area contributed by atoms with E-state index in [0.717, 1.165) is 17.1 Å². The van der Waals surface area contributed by atoms with Crippen molar-refractivity contribution < 1.29 is 14.3 Å². The number of carbonyl (C=O) groups excluding carboxylic acids is 1. The molecule has 0 aliphatic carbocycles. The Hall–Kier alpha value is -1.83. The molecule has 2 aromatic heterocycles. The first-order valence-corrected chi connectivity index (χ1v) is 9.37. The smallest absolute Gasteiger partial charge is 0.271 e. The van der Waals surface area contributed by atoms with Gasteiger partial charge in [0.05, 0.1) is 36.1 Å². The van der Waals surface area contributed by atoms with Crippen LogP contribution in [-0.4, -0.2) is 41.2 Å². The lowest BCUT2D eigenvalue weighted by atomic mass is 10.1. The van der Waals surface area contributed by atoms with Gasteiger partial charge in [-0.1, -0.05) is 19.9 Å². The van der Waals surface area contributed by atoms with Gasteiger partial charge >= 0.3 is 0 Å². The molecular formula is C18H23N3O3S. The van der Waals surface area contributed by atoms with Crippen molar-refractivity contribution >= 4 is 17.2 Å². The van der Waals surface area contributed by atoms with Crippen molar-refractivity contribution in [2.45, 2.75) is 44.9 Å². The van der Waals surface area contributed by atoms with Crippen LogP contribution in [0.1, 0.15) is 47.4 Å². The molecule has 0 unspecified atom stereocenters. The van der Waals surface area contributed by atoms with Crippen LogP contribution in [0.4, 0.5) is 0 Å². The van der Waals surface area contributed by atoms with E-state index in [1.807, 2.05) is 18.2 Å². The Labute approximate surface area is 151 Å². The SMILES string of the molecule is CC(C)c1nc(C(=O)N[C@@H]2COCC[C@H]2OCc2ccccn2)cs1. The summed E-state index contributed by atoms with van der Waals surface area (Å²) in [7, 11) is 0. The van der Waals surface area contributed by atoms with Crippen LogP contribution >= 0.6 is 11.3 Å². The molecule has 25 heavy (non-hydrogen) atoms. The Morgan fingerprint density at radius 2 is 2.36 bits per heavy atom. The molecule has 0 spiro atoms.